The summed E-state index contributed by atoms with van der Waals surface area (Å²) in [5.74, 6) is 0. The molecule has 1 rings (SSSR count). The van der Waals surface area contributed by atoms with E-state index in [4.69, 9.17) is 0 Å². The zero-order chi connectivity index (χ0) is 8.81. The van der Waals surface area contributed by atoms with Crippen LogP contribution in [0.4, 0.5) is 0 Å². The Morgan fingerprint density at radius 3 is 2.58 bits per heavy atom. The molecule has 0 radical (unpaired) electrons. The number of hydrogen-bond donors (Lipinski definition) is 0. The van der Waals surface area contributed by atoms with Crippen LogP contribution in [-0.4, -0.2) is 18.3 Å². The van der Waals surface area contributed by atoms with Crippen molar-refractivity contribution in [2.45, 2.75) is 13.5 Å². The molecule has 1 aromatic rings. The van der Waals surface area contributed by atoms with Crippen LogP contribution in [0.3, 0.4) is 0 Å². The molecule has 0 spiro atoms. The minimum Gasteiger partial charge on any atom is -0.296 e. The van der Waals surface area contributed by atoms with Crippen LogP contribution in [0.15, 0.2) is 35.4 Å². The van der Waals surface area contributed by atoms with E-state index in [1.54, 1.807) is 6.21 Å². The average Bonchev–Trinajstić information content (AvgIpc) is 2.06. The third kappa shape index (κ3) is 2.74. The fourth-order valence-electron chi connectivity index (χ4n) is 1.09. The number of rotatable bonds is 3. The molecule has 0 heterocycles. The number of nitrogens with zero attached hydrogens (tertiary/aromatic N) is 2. The molecule has 0 fully saturated rings. The Kier molecular flexibility index (Phi) is 3.33. The van der Waals surface area contributed by atoms with Crippen LogP contribution in [-0.2, 0) is 6.54 Å². The lowest BCUT2D eigenvalue weighted by molar-refractivity contribution is 0.348. The van der Waals surface area contributed by atoms with Gasteiger partial charge in [0.1, 0.15) is 0 Å². The Labute approximate surface area is 73.5 Å². The molecule has 0 aliphatic heterocycles. The quantitative estimate of drug-likeness (QED) is 0.491. The Morgan fingerprint density at radius 1 is 1.33 bits per heavy atom. The monoisotopic (exact) mass is 162 g/mol. The summed E-state index contributed by atoms with van der Waals surface area (Å²) < 4.78 is 0. The molecule has 64 valence electrons. The molecule has 12 heavy (non-hydrogen) atoms. The van der Waals surface area contributed by atoms with Crippen molar-refractivity contribution in [3.05, 3.63) is 35.9 Å². The Bertz CT molecular complexity index is 241. The van der Waals surface area contributed by atoms with E-state index in [0.717, 1.165) is 6.54 Å². The minimum absolute atomic E-state index is 0.866. The molecule has 0 amide bonds. The van der Waals surface area contributed by atoms with E-state index in [1.165, 1.54) is 5.56 Å². The van der Waals surface area contributed by atoms with Crippen LogP contribution in [0.25, 0.3) is 0 Å². The summed E-state index contributed by atoms with van der Waals surface area (Å²) in [5.41, 5.74) is 1.28. The van der Waals surface area contributed by atoms with E-state index in [2.05, 4.69) is 17.2 Å². The van der Waals surface area contributed by atoms with Crippen molar-refractivity contribution in [3.63, 3.8) is 0 Å². The van der Waals surface area contributed by atoms with Crippen molar-refractivity contribution in [3.8, 4) is 0 Å². The molecule has 0 aliphatic carbocycles. The molecule has 2 nitrogen and oxygen atoms in total. The summed E-state index contributed by atoms with van der Waals surface area (Å²) in [6, 6.07) is 10.3. The molecule has 0 aliphatic rings. The highest BCUT2D eigenvalue weighted by Gasteiger charge is 1.93. The molecule has 0 N–H and O–H groups in total. The molecular formula is C10H14N2. The van der Waals surface area contributed by atoms with Gasteiger partial charge < -0.3 is 0 Å². The molecule has 1 aromatic carbocycles. The second kappa shape index (κ2) is 4.54. The first-order valence-corrected chi connectivity index (χ1v) is 4.06. The van der Waals surface area contributed by atoms with E-state index >= 15 is 0 Å². The predicted molar refractivity (Wildman–Crippen MR) is 52.1 cm³/mol. The van der Waals surface area contributed by atoms with Gasteiger partial charge in [0, 0.05) is 13.3 Å². The largest absolute Gasteiger partial charge is 0.296 e. The van der Waals surface area contributed by atoms with Gasteiger partial charge in [-0.05, 0) is 12.5 Å². The fourth-order valence-corrected chi connectivity index (χ4v) is 1.09. The minimum atomic E-state index is 0.866. The molecule has 0 bridgehead atoms. The smallest absolute Gasteiger partial charge is 0.0607 e. The van der Waals surface area contributed by atoms with Gasteiger partial charge in [-0.15, -0.1) is 0 Å². The van der Waals surface area contributed by atoms with Gasteiger partial charge in [0.25, 0.3) is 0 Å². The van der Waals surface area contributed by atoms with Crippen LogP contribution >= 0.6 is 0 Å². The van der Waals surface area contributed by atoms with Gasteiger partial charge in [-0.25, -0.2) is 0 Å². The van der Waals surface area contributed by atoms with Gasteiger partial charge in [-0.3, -0.25) is 5.01 Å². The first-order valence-electron chi connectivity index (χ1n) is 4.06. The van der Waals surface area contributed by atoms with Crippen LogP contribution < -0.4 is 0 Å². The van der Waals surface area contributed by atoms with Gasteiger partial charge in [0.2, 0.25) is 0 Å². The Balaban J connectivity index is 2.52. The molecule has 0 aromatic heterocycles. The SMILES string of the molecule is CC=NN(C)Cc1ccccc1. The van der Waals surface area contributed by atoms with Crippen molar-refractivity contribution < 1.29 is 0 Å². The maximum atomic E-state index is 4.13. The second-order valence-electron chi connectivity index (χ2n) is 2.68. The molecule has 0 saturated carbocycles. The highest BCUT2D eigenvalue weighted by Crippen LogP contribution is 2.01. The van der Waals surface area contributed by atoms with E-state index < -0.39 is 0 Å². The van der Waals surface area contributed by atoms with Gasteiger partial charge in [-0.1, -0.05) is 30.3 Å². The maximum Gasteiger partial charge on any atom is 0.0607 e. The normalized spacial score (nSPS) is 10.5. The van der Waals surface area contributed by atoms with Gasteiger partial charge in [-0.2, -0.15) is 5.10 Å². The zero-order valence-corrected chi connectivity index (χ0v) is 7.57. The lowest BCUT2D eigenvalue weighted by atomic mass is 10.2. The van der Waals surface area contributed by atoms with E-state index in [1.807, 2.05) is 37.2 Å². The highest BCUT2D eigenvalue weighted by atomic mass is 15.4. The highest BCUT2D eigenvalue weighted by molar-refractivity contribution is 5.52. The number of hydrazone groups is 1. The second-order valence-corrected chi connectivity index (χ2v) is 2.68. The van der Waals surface area contributed by atoms with Gasteiger partial charge >= 0.3 is 0 Å². The van der Waals surface area contributed by atoms with Crippen molar-refractivity contribution >= 4 is 6.21 Å². The summed E-state index contributed by atoms with van der Waals surface area (Å²) >= 11 is 0. The lowest BCUT2D eigenvalue weighted by Crippen LogP contribution is -2.09. The summed E-state index contributed by atoms with van der Waals surface area (Å²) in [6.45, 7) is 2.78. The Hall–Kier alpha value is -1.31. The van der Waals surface area contributed by atoms with Crippen LogP contribution in [0.2, 0.25) is 0 Å². The summed E-state index contributed by atoms with van der Waals surface area (Å²) in [4.78, 5) is 0. The first-order chi connectivity index (χ1) is 5.83. The zero-order valence-electron chi connectivity index (χ0n) is 7.57. The topological polar surface area (TPSA) is 15.6 Å². The van der Waals surface area contributed by atoms with Crippen molar-refractivity contribution in [1.29, 1.82) is 0 Å². The number of benzene rings is 1. The molecule has 2 heteroatoms. The maximum absolute atomic E-state index is 4.13. The average molecular weight is 162 g/mol. The number of hydrogen-bond acceptors (Lipinski definition) is 2. The molecular weight excluding hydrogens is 148 g/mol. The predicted octanol–water partition coefficient (Wildman–Crippen LogP) is 2.12. The van der Waals surface area contributed by atoms with Crippen LogP contribution in [0.5, 0.6) is 0 Å². The summed E-state index contributed by atoms with van der Waals surface area (Å²) in [6.07, 6.45) is 1.79. The Morgan fingerprint density at radius 2 is 2.00 bits per heavy atom. The fraction of sp³-hybridized carbons (Fsp3) is 0.300. The van der Waals surface area contributed by atoms with Crippen molar-refractivity contribution in [2.75, 3.05) is 7.05 Å². The van der Waals surface area contributed by atoms with E-state index in [-0.39, 0.29) is 0 Å². The summed E-state index contributed by atoms with van der Waals surface area (Å²) in [7, 11) is 1.97. The van der Waals surface area contributed by atoms with Gasteiger partial charge in [0.05, 0.1) is 6.54 Å². The van der Waals surface area contributed by atoms with Crippen molar-refractivity contribution in [2.24, 2.45) is 5.10 Å². The molecule has 0 atom stereocenters. The molecule has 0 saturated heterocycles. The van der Waals surface area contributed by atoms with Crippen molar-refractivity contribution in [1.82, 2.24) is 5.01 Å². The van der Waals surface area contributed by atoms with Crippen LogP contribution in [0.1, 0.15) is 12.5 Å². The molecule has 0 unspecified atom stereocenters. The lowest BCUT2D eigenvalue weighted by Gasteiger charge is -2.11. The standard InChI is InChI=1S/C10H14N2/c1-3-11-12(2)9-10-7-5-4-6-8-10/h3-8H,9H2,1-2H3. The van der Waals surface area contributed by atoms with Gasteiger partial charge in [0.15, 0.2) is 0 Å². The first kappa shape index (κ1) is 8.78. The van der Waals surface area contributed by atoms with E-state index in [9.17, 15) is 0 Å². The van der Waals surface area contributed by atoms with E-state index in [0.29, 0.717) is 0 Å². The third-order valence-electron chi connectivity index (χ3n) is 1.57. The van der Waals surface area contributed by atoms with Crippen LogP contribution in [0, 0.1) is 0 Å². The summed E-state index contributed by atoms with van der Waals surface area (Å²) in [5, 5.41) is 6.04. The third-order valence-corrected chi connectivity index (χ3v) is 1.57.